The fourth-order valence-corrected chi connectivity index (χ4v) is 1.36. The largest absolute Gasteiger partial charge is 0.497 e. The molecule has 0 aliphatic heterocycles. The zero-order chi connectivity index (χ0) is 12.1. The van der Waals surface area contributed by atoms with Crippen molar-refractivity contribution in [2.45, 2.75) is 6.61 Å². The van der Waals surface area contributed by atoms with E-state index in [2.05, 4.69) is 10.2 Å². The SMILES string of the molecule is COc1cccc(COC(=O)c2ccn[nH]2)c1. The van der Waals surface area contributed by atoms with E-state index in [1.807, 2.05) is 24.3 Å². The molecule has 5 heteroatoms. The van der Waals surface area contributed by atoms with E-state index in [-0.39, 0.29) is 6.61 Å². The standard InChI is InChI=1S/C12H12N2O3/c1-16-10-4-2-3-9(7-10)8-17-12(15)11-5-6-13-14-11/h2-7H,8H2,1H3,(H,13,14). The van der Waals surface area contributed by atoms with E-state index in [1.54, 1.807) is 13.2 Å². The van der Waals surface area contributed by atoms with Gasteiger partial charge >= 0.3 is 5.97 Å². The summed E-state index contributed by atoms with van der Waals surface area (Å²) in [5.41, 5.74) is 1.21. The van der Waals surface area contributed by atoms with Crippen LogP contribution in [0.5, 0.6) is 5.75 Å². The van der Waals surface area contributed by atoms with Crippen LogP contribution in [0.4, 0.5) is 0 Å². The van der Waals surface area contributed by atoms with Crippen molar-refractivity contribution >= 4 is 5.97 Å². The van der Waals surface area contributed by atoms with E-state index >= 15 is 0 Å². The summed E-state index contributed by atoms with van der Waals surface area (Å²) in [5, 5.41) is 6.23. The second-order valence-corrected chi connectivity index (χ2v) is 3.40. The Hall–Kier alpha value is -2.30. The van der Waals surface area contributed by atoms with Crippen LogP contribution in [-0.4, -0.2) is 23.3 Å². The molecule has 17 heavy (non-hydrogen) atoms. The molecule has 0 aliphatic rings. The highest BCUT2D eigenvalue weighted by Gasteiger charge is 2.08. The van der Waals surface area contributed by atoms with Gasteiger partial charge in [-0.25, -0.2) is 4.79 Å². The van der Waals surface area contributed by atoms with Gasteiger partial charge in [-0.3, -0.25) is 5.10 Å². The van der Waals surface area contributed by atoms with Crippen molar-refractivity contribution in [1.82, 2.24) is 10.2 Å². The van der Waals surface area contributed by atoms with Crippen molar-refractivity contribution in [1.29, 1.82) is 0 Å². The van der Waals surface area contributed by atoms with Crippen molar-refractivity contribution in [3.63, 3.8) is 0 Å². The summed E-state index contributed by atoms with van der Waals surface area (Å²) in [6.45, 7) is 0.203. The average molecular weight is 232 g/mol. The molecule has 0 spiro atoms. The minimum absolute atomic E-state index is 0.203. The highest BCUT2D eigenvalue weighted by atomic mass is 16.5. The zero-order valence-electron chi connectivity index (χ0n) is 9.34. The van der Waals surface area contributed by atoms with E-state index in [0.717, 1.165) is 11.3 Å². The van der Waals surface area contributed by atoms with Crippen LogP contribution in [0.25, 0.3) is 0 Å². The van der Waals surface area contributed by atoms with Crippen molar-refractivity contribution in [3.05, 3.63) is 47.8 Å². The van der Waals surface area contributed by atoms with Gasteiger partial charge in [0, 0.05) is 6.20 Å². The van der Waals surface area contributed by atoms with Gasteiger partial charge in [-0.15, -0.1) is 0 Å². The molecule has 0 saturated heterocycles. The highest BCUT2D eigenvalue weighted by molar-refractivity contribution is 5.86. The minimum Gasteiger partial charge on any atom is -0.497 e. The Kier molecular flexibility index (Phi) is 3.40. The molecule has 0 bridgehead atoms. The van der Waals surface area contributed by atoms with Crippen LogP contribution in [0.2, 0.25) is 0 Å². The van der Waals surface area contributed by atoms with Crippen LogP contribution in [0.15, 0.2) is 36.5 Å². The van der Waals surface area contributed by atoms with Gasteiger partial charge < -0.3 is 9.47 Å². The smallest absolute Gasteiger partial charge is 0.356 e. The van der Waals surface area contributed by atoms with Crippen molar-refractivity contribution in [3.8, 4) is 5.75 Å². The van der Waals surface area contributed by atoms with E-state index in [4.69, 9.17) is 9.47 Å². The van der Waals surface area contributed by atoms with Crippen LogP contribution < -0.4 is 4.74 Å². The molecule has 1 aromatic heterocycles. The first-order valence-corrected chi connectivity index (χ1v) is 5.09. The number of esters is 1. The third-order valence-electron chi connectivity index (χ3n) is 2.22. The van der Waals surface area contributed by atoms with Gasteiger partial charge in [-0.05, 0) is 23.8 Å². The van der Waals surface area contributed by atoms with E-state index in [9.17, 15) is 4.79 Å². The summed E-state index contributed by atoms with van der Waals surface area (Å²) < 4.78 is 10.2. The second-order valence-electron chi connectivity index (χ2n) is 3.40. The Morgan fingerprint density at radius 2 is 2.29 bits per heavy atom. The highest BCUT2D eigenvalue weighted by Crippen LogP contribution is 2.13. The first kappa shape index (κ1) is 11.2. The zero-order valence-corrected chi connectivity index (χ0v) is 9.34. The number of carbonyl (C=O) groups excluding carboxylic acids is 1. The van der Waals surface area contributed by atoms with Crippen LogP contribution in [-0.2, 0) is 11.3 Å². The molecule has 0 aliphatic carbocycles. The molecule has 0 fully saturated rings. The van der Waals surface area contributed by atoms with Crippen LogP contribution in [0.3, 0.4) is 0 Å². The molecule has 2 aromatic rings. The molecule has 2 rings (SSSR count). The summed E-state index contributed by atoms with van der Waals surface area (Å²) in [6, 6.07) is 8.93. The molecule has 1 heterocycles. The van der Waals surface area contributed by atoms with E-state index < -0.39 is 5.97 Å². The summed E-state index contributed by atoms with van der Waals surface area (Å²) in [5.74, 6) is 0.311. The lowest BCUT2D eigenvalue weighted by atomic mass is 10.2. The molecule has 0 atom stereocenters. The van der Waals surface area contributed by atoms with Crippen LogP contribution in [0.1, 0.15) is 16.1 Å². The summed E-state index contributed by atoms with van der Waals surface area (Å²) in [4.78, 5) is 11.5. The molecular formula is C12H12N2O3. The van der Waals surface area contributed by atoms with E-state index in [0.29, 0.717) is 5.69 Å². The number of ether oxygens (including phenoxy) is 2. The lowest BCUT2D eigenvalue weighted by molar-refractivity contribution is 0.0465. The van der Waals surface area contributed by atoms with Gasteiger partial charge in [0.05, 0.1) is 7.11 Å². The maximum atomic E-state index is 11.5. The normalized spacial score (nSPS) is 9.94. The summed E-state index contributed by atoms with van der Waals surface area (Å²) >= 11 is 0. The van der Waals surface area contributed by atoms with E-state index in [1.165, 1.54) is 6.20 Å². The number of methoxy groups -OCH3 is 1. The number of carbonyl (C=O) groups is 1. The maximum absolute atomic E-state index is 11.5. The minimum atomic E-state index is -0.426. The van der Waals surface area contributed by atoms with Crippen LogP contribution >= 0.6 is 0 Å². The lowest BCUT2D eigenvalue weighted by Gasteiger charge is -2.05. The molecule has 0 unspecified atom stereocenters. The Labute approximate surface area is 98.4 Å². The number of nitrogens with zero attached hydrogens (tertiary/aromatic N) is 1. The molecule has 5 nitrogen and oxygen atoms in total. The molecule has 0 amide bonds. The predicted molar refractivity (Wildman–Crippen MR) is 60.7 cm³/mol. The first-order valence-electron chi connectivity index (χ1n) is 5.09. The molecule has 0 saturated carbocycles. The van der Waals surface area contributed by atoms with Crippen molar-refractivity contribution in [2.75, 3.05) is 7.11 Å². The third kappa shape index (κ3) is 2.84. The third-order valence-corrected chi connectivity index (χ3v) is 2.22. The fourth-order valence-electron chi connectivity index (χ4n) is 1.36. The van der Waals surface area contributed by atoms with Crippen molar-refractivity contribution in [2.24, 2.45) is 0 Å². The first-order chi connectivity index (χ1) is 8.29. The number of aromatic nitrogens is 2. The number of benzene rings is 1. The summed E-state index contributed by atoms with van der Waals surface area (Å²) in [7, 11) is 1.59. The second kappa shape index (κ2) is 5.16. The Morgan fingerprint density at radius 1 is 1.41 bits per heavy atom. The van der Waals surface area contributed by atoms with Gasteiger partial charge in [0.1, 0.15) is 18.1 Å². The average Bonchev–Trinajstić information content (AvgIpc) is 2.90. The molecule has 1 aromatic carbocycles. The number of hydrogen-bond acceptors (Lipinski definition) is 4. The number of hydrogen-bond donors (Lipinski definition) is 1. The molecular weight excluding hydrogens is 220 g/mol. The van der Waals surface area contributed by atoms with Gasteiger partial charge in [0.25, 0.3) is 0 Å². The predicted octanol–water partition coefficient (Wildman–Crippen LogP) is 1.78. The van der Waals surface area contributed by atoms with Gasteiger partial charge in [0.15, 0.2) is 0 Å². The molecule has 1 N–H and O–H groups in total. The Morgan fingerprint density at radius 3 is 3.00 bits per heavy atom. The van der Waals surface area contributed by atoms with Crippen LogP contribution in [0, 0.1) is 0 Å². The van der Waals surface area contributed by atoms with Gasteiger partial charge in [-0.2, -0.15) is 5.10 Å². The number of aromatic amines is 1. The number of nitrogens with one attached hydrogen (secondary N) is 1. The maximum Gasteiger partial charge on any atom is 0.356 e. The summed E-state index contributed by atoms with van der Waals surface area (Å²) in [6.07, 6.45) is 1.50. The quantitative estimate of drug-likeness (QED) is 0.816. The Bertz CT molecular complexity index is 494. The van der Waals surface area contributed by atoms with Gasteiger partial charge in [0.2, 0.25) is 0 Å². The number of H-pyrrole nitrogens is 1. The monoisotopic (exact) mass is 232 g/mol. The van der Waals surface area contributed by atoms with Crippen molar-refractivity contribution < 1.29 is 14.3 Å². The molecule has 88 valence electrons. The topological polar surface area (TPSA) is 64.2 Å². The van der Waals surface area contributed by atoms with Gasteiger partial charge in [-0.1, -0.05) is 12.1 Å². The Balaban J connectivity index is 1.95. The lowest BCUT2D eigenvalue weighted by Crippen LogP contribution is -2.05. The molecule has 0 radical (unpaired) electrons. The number of rotatable bonds is 4. The fraction of sp³-hybridized carbons (Fsp3) is 0.167.